The van der Waals surface area contributed by atoms with Crippen molar-refractivity contribution in [2.75, 3.05) is 0 Å². The van der Waals surface area contributed by atoms with E-state index in [9.17, 15) is 4.79 Å². The van der Waals surface area contributed by atoms with Crippen LogP contribution in [0.15, 0.2) is 0 Å². The van der Waals surface area contributed by atoms with Gasteiger partial charge in [-0.05, 0) is 11.5 Å². The van der Waals surface area contributed by atoms with E-state index in [0.29, 0.717) is 5.41 Å². The molecule has 0 radical (unpaired) electrons. The Balaban J connectivity index is 4.23. The molecule has 2 heteroatoms. The van der Waals surface area contributed by atoms with Crippen LogP contribution in [-0.4, -0.2) is 13.5 Å². The molecule has 0 heterocycles. The summed E-state index contributed by atoms with van der Waals surface area (Å²) in [4.78, 5) is 12.0. The number of hydrogen-bond acceptors (Lipinski definition) is 1. The van der Waals surface area contributed by atoms with E-state index in [2.05, 4.69) is 40.8 Å². The van der Waals surface area contributed by atoms with Crippen LogP contribution in [-0.2, 0) is 4.79 Å². The quantitative estimate of drug-likeness (QED) is 0.495. The van der Waals surface area contributed by atoms with Crippen molar-refractivity contribution < 1.29 is 4.79 Å². The lowest BCUT2D eigenvalue weighted by Crippen LogP contribution is -2.46. The van der Waals surface area contributed by atoms with Crippen LogP contribution in [0, 0.1) is 0 Å². The van der Waals surface area contributed by atoms with Gasteiger partial charge in [0.25, 0.3) is 0 Å². The summed E-state index contributed by atoms with van der Waals surface area (Å²) < 4.78 is 0. The number of hydrogen-bond donors (Lipinski definition) is 0. The minimum absolute atomic E-state index is 0.205. The monoisotopic (exact) mass is 214 g/mol. The molecule has 14 heavy (non-hydrogen) atoms. The molecule has 0 aromatic carbocycles. The molecule has 0 bridgehead atoms. The lowest BCUT2D eigenvalue weighted by molar-refractivity contribution is -0.113. The van der Waals surface area contributed by atoms with Gasteiger partial charge in [-0.25, -0.2) is 0 Å². The Morgan fingerprint density at radius 2 is 1.64 bits per heavy atom. The van der Waals surface area contributed by atoms with Gasteiger partial charge in [-0.1, -0.05) is 53.6 Å². The summed E-state index contributed by atoms with van der Waals surface area (Å²) in [5.41, 5.74) is 0. The second kappa shape index (κ2) is 5.10. The predicted molar refractivity (Wildman–Crippen MR) is 66.3 cm³/mol. The summed E-state index contributed by atoms with van der Waals surface area (Å²) in [5, 5.41) is 0.759. The minimum atomic E-state index is -1.70. The zero-order valence-corrected chi connectivity index (χ0v) is 11.7. The van der Waals surface area contributed by atoms with Crippen LogP contribution in [0.4, 0.5) is 0 Å². The van der Waals surface area contributed by atoms with Crippen molar-refractivity contribution in [1.82, 2.24) is 0 Å². The molecule has 1 nitrogen and oxygen atoms in total. The third-order valence-corrected chi connectivity index (χ3v) is 8.97. The van der Waals surface area contributed by atoms with Gasteiger partial charge in [0.05, 0.1) is 0 Å². The van der Waals surface area contributed by atoms with E-state index in [1.54, 1.807) is 0 Å². The second-order valence-electron chi connectivity index (χ2n) is 5.76. The molecule has 0 saturated carbocycles. The normalized spacial score (nSPS) is 13.0. The Labute approximate surface area is 90.3 Å². The Kier molecular flexibility index (Phi) is 5.06. The third kappa shape index (κ3) is 3.56. The van der Waals surface area contributed by atoms with Crippen LogP contribution in [0.5, 0.6) is 0 Å². The van der Waals surface area contributed by atoms with E-state index < -0.39 is 8.07 Å². The summed E-state index contributed by atoms with van der Waals surface area (Å²) in [6.07, 6.45) is 4.29. The molecule has 0 rings (SSSR count). The van der Waals surface area contributed by atoms with Crippen molar-refractivity contribution >= 4 is 13.5 Å². The van der Waals surface area contributed by atoms with Crippen molar-refractivity contribution in [3.63, 3.8) is 0 Å². The van der Waals surface area contributed by atoms with Crippen LogP contribution in [0.25, 0.3) is 0 Å². The Bertz CT molecular complexity index is 189. The zero-order chi connectivity index (χ0) is 11.4. The van der Waals surface area contributed by atoms with Crippen LogP contribution >= 0.6 is 0 Å². The largest absolute Gasteiger partial charge is 0.305 e. The molecule has 0 N–H and O–H groups in total. The first-order chi connectivity index (χ1) is 6.23. The van der Waals surface area contributed by atoms with E-state index in [1.807, 2.05) is 0 Å². The van der Waals surface area contributed by atoms with Crippen molar-refractivity contribution in [3.05, 3.63) is 0 Å². The van der Waals surface area contributed by atoms with Crippen LogP contribution in [0.2, 0.25) is 18.1 Å². The lowest BCUT2D eigenvalue weighted by Gasteiger charge is -2.35. The first-order valence-corrected chi connectivity index (χ1v) is 8.76. The van der Waals surface area contributed by atoms with Crippen molar-refractivity contribution in [3.8, 4) is 0 Å². The number of carbonyl (C=O) groups excluding carboxylic acids is 1. The molecule has 84 valence electrons. The molecule has 0 amide bonds. The molecule has 0 aliphatic carbocycles. The van der Waals surface area contributed by atoms with E-state index in [-0.39, 0.29) is 5.04 Å². The Morgan fingerprint density at radius 3 is 2.00 bits per heavy atom. The van der Waals surface area contributed by atoms with Crippen molar-refractivity contribution in [2.24, 2.45) is 0 Å². The summed E-state index contributed by atoms with van der Waals surface area (Å²) in [6, 6.07) is 0. The molecule has 0 saturated heterocycles. The van der Waals surface area contributed by atoms with Crippen LogP contribution in [0.1, 0.15) is 53.4 Å². The van der Waals surface area contributed by atoms with E-state index in [1.165, 1.54) is 12.8 Å². The highest BCUT2D eigenvalue weighted by Crippen LogP contribution is 2.37. The number of rotatable bonds is 5. The molecule has 0 aliphatic rings. The van der Waals surface area contributed by atoms with E-state index in [0.717, 1.165) is 12.8 Å². The maximum atomic E-state index is 12.0. The molecule has 0 aromatic heterocycles. The first kappa shape index (κ1) is 13.9. The summed E-state index contributed by atoms with van der Waals surface area (Å²) >= 11 is 0. The smallest absolute Gasteiger partial charge is 0.132 e. The predicted octanol–water partition coefficient (Wildman–Crippen LogP) is 4.18. The highest BCUT2D eigenvalue weighted by atomic mass is 28.3. The maximum Gasteiger partial charge on any atom is 0.132 e. The standard InChI is InChI=1S/C12H26OSi/c1-7-8-9-10-11(13)14(5,6)12(2,3)4/h7-10H2,1-6H3. The second-order valence-corrected chi connectivity index (χ2v) is 11.1. The average Bonchev–Trinajstić information content (AvgIpc) is 2.02. The molecule has 0 fully saturated rings. The van der Waals surface area contributed by atoms with Gasteiger partial charge in [0.2, 0.25) is 0 Å². The third-order valence-electron chi connectivity index (χ3n) is 3.58. The number of unbranched alkanes of at least 4 members (excludes halogenated alkanes) is 2. The van der Waals surface area contributed by atoms with Gasteiger partial charge in [-0.15, -0.1) is 0 Å². The zero-order valence-electron chi connectivity index (χ0n) is 10.7. The van der Waals surface area contributed by atoms with Gasteiger partial charge in [0.15, 0.2) is 0 Å². The lowest BCUT2D eigenvalue weighted by atomic mass is 10.2. The van der Waals surface area contributed by atoms with Gasteiger partial charge in [0, 0.05) is 6.42 Å². The Hall–Kier alpha value is -0.113. The topological polar surface area (TPSA) is 17.1 Å². The highest BCUT2D eigenvalue weighted by molar-refractivity contribution is 7.06. The van der Waals surface area contributed by atoms with Gasteiger partial charge >= 0.3 is 0 Å². The fraction of sp³-hybridized carbons (Fsp3) is 0.917. The average molecular weight is 214 g/mol. The van der Waals surface area contributed by atoms with E-state index >= 15 is 0 Å². The molecule has 0 atom stereocenters. The minimum Gasteiger partial charge on any atom is -0.305 e. The first-order valence-electron chi connectivity index (χ1n) is 5.76. The number of carbonyl (C=O) groups is 1. The summed E-state index contributed by atoms with van der Waals surface area (Å²) in [7, 11) is -1.70. The van der Waals surface area contributed by atoms with Crippen molar-refractivity contribution in [2.45, 2.75) is 71.5 Å². The summed E-state index contributed by atoms with van der Waals surface area (Å²) in [6.45, 7) is 13.2. The molecular weight excluding hydrogens is 188 g/mol. The maximum absolute atomic E-state index is 12.0. The van der Waals surface area contributed by atoms with E-state index in [4.69, 9.17) is 0 Å². The fourth-order valence-corrected chi connectivity index (χ4v) is 2.90. The highest BCUT2D eigenvalue weighted by Gasteiger charge is 2.41. The van der Waals surface area contributed by atoms with Gasteiger partial charge in [-0.3, -0.25) is 0 Å². The van der Waals surface area contributed by atoms with Crippen molar-refractivity contribution in [1.29, 1.82) is 0 Å². The van der Waals surface area contributed by atoms with Gasteiger partial charge < -0.3 is 4.79 Å². The summed E-state index contributed by atoms with van der Waals surface area (Å²) in [5.74, 6) is 0. The van der Waals surface area contributed by atoms with Crippen LogP contribution < -0.4 is 0 Å². The molecule has 0 spiro atoms. The SMILES string of the molecule is CCCCCC(=O)[Si](C)(C)C(C)(C)C. The Morgan fingerprint density at radius 1 is 1.14 bits per heavy atom. The van der Waals surface area contributed by atoms with Gasteiger partial charge in [0.1, 0.15) is 13.5 Å². The molecule has 0 unspecified atom stereocenters. The molecule has 0 aromatic rings. The fourth-order valence-electron chi connectivity index (χ4n) is 1.27. The van der Waals surface area contributed by atoms with Gasteiger partial charge in [-0.2, -0.15) is 0 Å². The van der Waals surface area contributed by atoms with Crippen LogP contribution in [0.3, 0.4) is 0 Å². The molecule has 0 aliphatic heterocycles. The molecular formula is C12H26OSi.